The number of nitrogens with one attached hydrogen (secondary N) is 1. The van der Waals surface area contributed by atoms with Gasteiger partial charge in [-0.2, -0.15) is 0 Å². The summed E-state index contributed by atoms with van der Waals surface area (Å²) in [5, 5.41) is 1.09. The van der Waals surface area contributed by atoms with Crippen LogP contribution in [0.1, 0.15) is 28.4 Å². The molecule has 36 heavy (non-hydrogen) atoms. The number of fused-ring (bicyclic) bond motifs is 4. The summed E-state index contributed by atoms with van der Waals surface area (Å²) in [4.78, 5) is 34.6. The van der Waals surface area contributed by atoms with Crippen molar-refractivity contribution in [3.8, 4) is 11.5 Å². The van der Waals surface area contributed by atoms with E-state index in [1.54, 1.807) is 24.0 Å². The molecule has 1 saturated heterocycles. The van der Waals surface area contributed by atoms with Gasteiger partial charge in [0.15, 0.2) is 0 Å². The second kappa shape index (κ2) is 8.75. The molecule has 0 radical (unpaired) electrons. The van der Waals surface area contributed by atoms with Crippen molar-refractivity contribution in [1.82, 2.24) is 14.8 Å². The van der Waals surface area contributed by atoms with E-state index in [-0.39, 0.29) is 24.4 Å². The van der Waals surface area contributed by atoms with Gasteiger partial charge in [-0.3, -0.25) is 9.59 Å². The molecule has 2 aliphatic rings. The van der Waals surface area contributed by atoms with Crippen LogP contribution in [-0.2, 0) is 22.6 Å². The van der Waals surface area contributed by atoms with Crippen molar-refractivity contribution in [2.24, 2.45) is 0 Å². The molecule has 0 saturated carbocycles. The zero-order valence-corrected chi connectivity index (χ0v) is 20.2. The molecule has 0 unspecified atom stereocenters. The first kappa shape index (κ1) is 22.2. The highest BCUT2D eigenvalue weighted by atomic mass is 16.5. The molecule has 0 spiro atoms. The van der Waals surface area contributed by atoms with Crippen molar-refractivity contribution in [3.05, 3.63) is 95.2 Å². The van der Waals surface area contributed by atoms with Gasteiger partial charge in [0.2, 0.25) is 11.8 Å². The van der Waals surface area contributed by atoms with E-state index in [1.807, 2.05) is 66.7 Å². The first-order chi connectivity index (χ1) is 17.6. The van der Waals surface area contributed by atoms with Crippen LogP contribution in [-0.4, -0.2) is 53.4 Å². The predicted molar refractivity (Wildman–Crippen MR) is 136 cm³/mol. The number of methoxy groups -OCH3 is 2. The smallest absolute Gasteiger partial charge is 0.246 e. The minimum Gasteiger partial charge on any atom is -0.497 e. The van der Waals surface area contributed by atoms with Gasteiger partial charge in [-0.25, -0.2) is 0 Å². The van der Waals surface area contributed by atoms with E-state index in [0.717, 1.165) is 39.0 Å². The number of amides is 2. The van der Waals surface area contributed by atoms with Gasteiger partial charge in [0, 0.05) is 35.1 Å². The third-order valence-corrected chi connectivity index (χ3v) is 7.33. The van der Waals surface area contributed by atoms with Crippen LogP contribution in [0.3, 0.4) is 0 Å². The first-order valence-electron chi connectivity index (χ1n) is 12.0. The average Bonchev–Trinajstić information content (AvgIpc) is 3.29. The Kier molecular flexibility index (Phi) is 5.40. The lowest BCUT2D eigenvalue weighted by Gasteiger charge is -2.47. The number of hydrogen-bond acceptors (Lipinski definition) is 4. The molecule has 3 aromatic carbocycles. The molecule has 182 valence electrons. The third kappa shape index (κ3) is 3.50. The number of aromatic amines is 1. The van der Waals surface area contributed by atoms with E-state index in [1.165, 1.54) is 0 Å². The molecular weight excluding hydrogens is 454 g/mol. The fourth-order valence-corrected chi connectivity index (χ4v) is 5.63. The van der Waals surface area contributed by atoms with Gasteiger partial charge in [0.1, 0.15) is 24.1 Å². The number of hydrogen-bond donors (Lipinski definition) is 1. The number of piperazine rings is 1. The first-order valence-corrected chi connectivity index (χ1v) is 12.0. The molecule has 1 N–H and O–H groups in total. The number of para-hydroxylation sites is 2. The molecule has 1 aromatic heterocycles. The lowest BCUT2D eigenvalue weighted by atomic mass is 9.86. The molecule has 2 amide bonds. The van der Waals surface area contributed by atoms with Crippen molar-refractivity contribution < 1.29 is 19.1 Å². The standard InChI is InChI=1S/C29H27N3O4/c1-35-20-13-11-18(12-14-20)28-27-22(21-8-4-5-9-23(21)30-27)15-24-29(34)31(17-26(33)32(24)28)16-19-7-3-6-10-25(19)36-2/h3-14,24,28,30H,15-17H2,1-2H3/t24-,28+/m1/s1. The van der Waals surface area contributed by atoms with Crippen LogP contribution >= 0.6 is 0 Å². The number of H-pyrrole nitrogens is 1. The van der Waals surface area contributed by atoms with Gasteiger partial charge < -0.3 is 24.3 Å². The SMILES string of the molecule is COc1ccc([C@H]2c3[nH]c4ccccc4c3C[C@@H]3C(=O)N(Cc4ccccc4OC)CC(=O)N23)cc1. The maximum absolute atomic E-state index is 13.9. The summed E-state index contributed by atoms with van der Waals surface area (Å²) in [6.45, 7) is 0.350. The summed E-state index contributed by atoms with van der Waals surface area (Å²) < 4.78 is 10.8. The van der Waals surface area contributed by atoms with Gasteiger partial charge in [-0.05, 0) is 35.4 Å². The Morgan fingerprint density at radius 3 is 2.44 bits per heavy atom. The Labute approximate surface area is 209 Å². The number of ether oxygens (including phenoxy) is 2. The average molecular weight is 482 g/mol. The number of nitrogens with zero attached hydrogens (tertiary/aromatic N) is 2. The van der Waals surface area contributed by atoms with E-state index in [2.05, 4.69) is 11.1 Å². The Balaban J connectivity index is 1.44. The van der Waals surface area contributed by atoms with E-state index >= 15 is 0 Å². The van der Waals surface area contributed by atoms with Crippen molar-refractivity contribution in [2.75, 3.05) is 20.8 Å². The summed E-state index contributed by atoms with van der Waals surface area (Å²) in [5.41, 5.74) is 4.88. The van der Waals surface area contributed by atoms with Crippen molar-refractivity contribution in [3.63, 3.8) is 0 Å². The molecule has 7 nitrogen and oxygen atoms in total. The Morgan fingerprint density at radius 2 is 1.67 bits per heavy atom. The van der Waals surface area contributed by atoms with Crippen molar-refractivity contribution in [2.45, 2.75) is 25.0 Å². The number of rotatable bonds is 5. The highest BCUT2D eigenvalue weighted by Gasteiger charge is 2.48. The summed E-state index contributed by atoms with van der Waals surface area (Å²) in [6.07, 6.45) is 0.471. The quantitative estimate of drug-likeness (QED) is 0.466. The number of aromatic nitrogens is 1. The minimum atomic E-state index is -0.584. The molecule has 2 aliphatic heterocycles. The third-order valence-electron chi connectivity index (χ3n) is 7.33. The topological polar surface area (TPSA) is 74.9 Å². The Hall–Kier alpha value is -4.26. The minimum absolute atomic E-state index is 0.0234. The largest absolute Gasteiger partial charge is 0.497 e. The second-order valence-electron chi connectivity index (χ2n) is 9.27. The molecular formula is C29H27N3O4. The van der Waals surface area contributed by atoms with Crippen LogP contribution in [0, 0.1) is 0 Å². The van der Waals surface area contributed by atoms with Crippen LogP contribution in [0.25, 0.3) is 10.9 Å². The van der Waals surface area contributed by atoms with Gasteiger partial charge in [0.25, 0.3) is 0 Å². The highest BCUT2D eigenvalue weighted by molar-refractivity contribution is 5.97. The van der Waals surface area contributed by atoms with Crippen LogP contribution in [0.15, 0.2) is 72.8 Å². The van der Waals surface area contributed by atoms with Gasteiger partial charge in [0.05, 0.1) is 20.3 Å². The van der Waals surface area contributed by atoms with Crippen molar-refractivity contribution >= 4 is 22.7 Å². The number of benzene rings is 3. The summed E-state index contributed by atoms with van der Waals surface area (Å²) in [6, 6.07) is 22.5. The number of carbonyl (C=O) groups excluding carboxylic acids is 2. The van der Waals surface area contributed by atoms with E-state index in [4.69, 9.17) is 9.47 Å². The van der Waals surface area contributed by atoms with E-state index in [0.29, 0.717) is 18.7 Å². The fraction of sp³-hybridized carbons (Fsp3) is 0.241. The van der Waals surface area contributed by atoms with Gasteiger partial charge in [-0.1, -0.05) is 48.5 Å². The van der Waals surface area contributed by atoms with Crippen LogP contribution in [0.5, 0.6) is 11.5 Å². The summed E-state index contributed by atoms with van der Waals surface area (Å²) in [7, 11) is 3.24. The monoisotopic (exact) mass is 481 g/mol. The Bertz CT molecular complexity index is 1460. The van der Waals surface area contributed by atoms with Crippen molar-refractivity contribution in [1.29, 1.82) is 0 Å². The summed E-state index contributed by atoms with van der Waals surface area (Å²) >= 11 is 0. The summed E-state index contributed by atoms with van der Waals surface area (Å²) in [5.74, 6) is 1.33. The highest BCUT2D eigenvalue weighted by Crippen LogP contribution is 2.43. The lowest BCUT2D eigenvalue weighted by Crippen LogP contribution is -2.62. The van der Waals surface area contributed by atoms with Crippen LogP contribution in [0.4, 0.5) is 0 Å². The zero-order valence-electron chi connectivity index (χ0n) is 20.2. The van der Waals surface area contributed by atoms with Crippen LogP contribution in [0.2, 0.25) is 0 Å². The lowest BCUT2D eigenvalue weighted by molar-refractivity contribution is -0.159. The van der Waals surface area contributed by atoms with E-state index < -0.39 is 6.04 Å². The number of carbonyl (C=O) groups is 2. The predicted octanol–water partition coefficient (Wildman–Crippen LogP) is 4.07. The van der Waals surface area contributed by atoms with Gasteiger partial charge in [-0.15, -0.1) is 0 Å². The molecule has 1 fully saturated rings. The van der Waals surface area contributed by atoms with E-state index in [9.17, 15) is 9.59 Å². The molecule has 3 heterocycles. The molecule has 4 aromatic rings. The maximum Gasteiger partial charge on any atom is 0.246 e. The Morgan fingerprint density at radius 1 is 0.917 bits per heavy atom. The second-order valence-corrected chi connectivity index (χ2v) is 9.27. The molecule has 0 bridgehead atoms. The van der Waals surface area contributed by atoms with Gasteiger partial charge >= 0.3 is 0 Å². The molecule has 6 rings (SSSR count). The fourth-order valence-electron chi connectivity index (χ4n) is 5.63. The molecule has 0 aliphatic carbocycles. The normalized spacial score (nSPS) is 19.3. The van der Waals surface area contributed by atoms with Crippen LogP contribution < -0.4 is 9.47 Å². The molecule has 2 atom stereocenters. The molecule has 7 heteroatoms. The maximum atomic E-state index is 13.9. The zero-order chi connectivity index (χ0) is 24.8.